The van der Waals surface area contributed by atoms with Crippen LogP contribution in [0.2, 0.25) is 0 Å². The second kappa shape index (κ2) is 7.79. The summed E-state index contributed by atoms with van der Waals surface area (Å²) in [5.74, 6) is 0.867. The maximum Gasteiger partial charge on any atom is 0.319 e. The number of fused-ring (bicyclic) bond motifs is 1. The number of carbonyl (C=O) groups excluding carboxylic acids is 1. The zero-order chi connectivity index (χ0) is 19.3. The summed E-state index contributed by atoms with van der Waals surface area (Å²) in [6.45, 7) is 0. The van der Waals surface area contributed by atoms with Gasteiger partial charge in [0.2, 0.25) is 0 Å². The van der Waals surface area contributed by atoms with Gasteiger partial charge in [-0.3, -0.25) is 4.98 Å². The second-order valence-corrected chi connectivity index (χ2v) is 6.40. The van der Waals surface area contributed by atoms with Crippen molar-refractivity contribution < 1.29 is 9.90 Å². The maximum atomic E-state index is 12.5. The van der Waals surface area contributed by atoms with Crippen molar-refractivity contribution in [3.8, 4) is 5.75 Å². The molecule has 4 N–H and O–H groups in total. The van der Waals surface area contributed by atoms with Crippen LogP contribution in [0.5, 0.6) is 5.75 Å². The van der Waals surface area contributed by atoms with E-state index in [0.29, 0.717) is 17.9 Å². The van der Waals surface area contributed by atoms with Crippen molar-refractivity contribution in [3.63, 3.8) is 0 Å². The molecule has 7 nitrogen and oxygen atoms in total. The lowest BCUT2D eigenvalue weighted by molar-refractivity contribution is 0.248. The largest absolute Gasteiger partial charge is 0.508 e. The number of nitrogens with one attached hydrogen (secondary N) is 3. The third kappa shape index (κ3) is 4.09. The third-order valence-electron chi connectivity index (χ3n) is 4.36. The average molecular weight is 373 g/mol. The van der Waals surface area contributed by atoms with E-state index in [0.717, 1.165) is 16.6 Å². The van der Waals surface area contributed by atoms with Crippen molar-refractivity contribution in [2.75, 3.05) is 5.32 Å². The summed E-state index contributed by atoms with van der Waals surface area (Å²) in [7, 11) is 0. The van der Waals surface area contributed by atoms with Gasteiger partial charge in [0, 0.05) is 18.1 Å². The predicted octanol–water partition coefficient (Wildman–Crippen LogP) is 3.77. The highest BCUT2D eigenvalue weighted by atomic mass is 16.3. The SMILES string of the molecule is O=C(Nc1ccncc1)NC(Cc1ccc(O)cc1)c1nc2ccccc2[nH]1. The van der Waals surface area contributed by atoms with Gasteiger partial charge >= 0.3 is 6.03 Å². The molecule has 0 saturated carbocycles. The molecular weight excluding hydrogens is 354 g/mol. The number of aromatic amines is 1. The lowest BCUT2D eigenvalue weighted by Crippen LogP contribution is -2.34. The molecule has 0 aliphatic carbocycles. The molecule has 2 amide bonds. The number of phenolic OH excluding ortho intramolecular Hbond substituents is 1. The maximum absolute atomic E-state index is 12.5. The Morgan fingerprint density at radius 2 is 1.79 bits per heavy atom. The summed E-state index contributed by atoms with van der Waals surface area (Å²) in [5.41, 5.74) is 3.36. The summed E-state index contributed by atoms with van der Waals surface area (Å²) in [4.78, 5) is 24.4. The fourth-order valence-electron chi connectivity index (χ4n) is 2.98. The zero-order valence-electron chi connectivity index (χ0n) is 15.0. The van der Waals surface area contributed by atoms with E-state index in [1.807, 2.05) is 36.4 Å². The molecule has 2 aromatic heterocycles. The number of anilines is 1. The van der Waals surface area contributed by atoms with Crippen LogP contribution in [-0.2, 0) is 6.42 Å². The Hall–Kier alpha value is -3.87. The van der Waals surface area contributed by atoms with Gasteiger partial charge in [-0.2, -0.15) is 0 Å². The molecule has 28 heavy (non-hydrogen) atoms. The molecule has 0 saturated heterocycles. The Morgan fingerprint density at radius 3 is 2.54 bits per heavy atom. The number of nitrogens with zero attached hydrogens (tertiary/aromatic N) is 2. The van der Waals surface area contributed by atoms with E-state index < -0.39 is 0 Å². The lowest BCUT2D eigenvalue weighted by atomic mass is 10.1. The van der Waals surface area contributed by atoms with Gasteiger partial charge < -0.3 is 20.7 Å². The van der Waals surface area contributed by atoms with Crippen LogP contribution in [-0.4, -0.2) is 26.1 Å². The first-order chi connectivity index (χ1) is 13.7. The Morgan fingerprint density at radius 1 is 1.04 bits per heavy atom. The quantitative estimate of drug-likeness (QED) is 0.427. The van der Waals surface area contributed by atoms with Gasteiger partial charge in [0.1, 0.15) is 11.6 Å². The molecule has 4 aromatic rings. The number of imidazole rings is 1. The number of H-pyrrole nitrogens is 1. The number of aromatic hydroxyl groups is 1. The van der Waals surface area contributed by atoms with Crippen LogP contribution >= 0.6 is 0 Å². The molecule has 140 valence electrons. The monoisotopic (exact) mass is 373 g/mol. The van der Waals surface area contributed by atoms with Crippen LogP contribution in [0.15, 0.2) is 73.1 Å². The smallest absolute Gasteiger partial charge is 0.319 e. The van der Waals surface area contributed by atoms with E-state index in [2.05, 4.69) is 25.6 Å². The molecule has 4 rings (SSSR count). The fourth-order valence-corrected chi connectivity index (χ4v) is 2.98. The van der Waals surface area contributed by atoms with E-state index in [1.54, 1.807) is 36.7 Å². The first kappa shape index (κ1) is 17.5. The number of hydrogen-bond acceptors (Lipinski definition) is 4. The van der Waals surface area contributed by atoms with Crippen LogP contribution in [0.1, 0.15) is 17.4 Å². The molecular formula is C21H19N5O2. The minimum atomic E-state index is -0.376. The van der Waals surface area contributed by atoms with Crippen molar-refractivity contribution in [2.24, 2.45) is 0 Å². The Labute approximate surface area is 161 Å². The summed E-state index contributed by atoms with van der Waals surface area (Å²) >= 11 is 0. The number of urea groups is 1. The van der Waals surface area contributed by atoms with Crippen molar-refractivity contribution in [3.05, 3.63) is 84.4 Å². The van der Waals surface area contributed by atoms with Gasteiger partial charge in [0.25, 0.3) is 0 Å². The number of pyridine rings is 1. The average Bonchev–Trinajstić information content (AvgIpc) is 3.14. The van der Waals surface area contributed by atoms with Crippen LogP contribution in [0, 0.1) is 0 Å². The highest BCUT2D eigenvalue weighted by Crippen LogP contribution is 2.21. The second-order valence-electron chi connectivity index (χ2n) is 6.40. The molecule has 1 unspecified atom stereocenters. The minimum absolute atomic E-state index is 0.201. The number of rotatable bonds is 5. The van der Waals surface area contributed by atoms with Crippen LogP contribution in [0.4, 0.5) is 10.5 Å². The molecule has 0 aliphatic rings. The van der Waals surface area contributed by atoms with E-state index in [1.165, 1.54) is 0 Å². The number of carbonyl (C=O) groups is 1. The standard InChI is InChI=1S/C21H19N5O2/c27-16-7-5-14(6-8-16)13-19(20-24-17-3-1-2-4-18(17)25-20)26-21(28)23-15-9-11-22-12-10-15/h1-12,19,27H,13H2,(H,24,25)(H2,22,23,26,28). The van der Waals surface area contributed by atoms with E-state index in [4.69, 9.17) is 0 Å². The number of amides is 2. The van der Waals surface area contributed by atoms with Crippen molar-refractivity contribution in [2.45, 2.75) is 12.5 Å². The number of phenols is 1. The van der Waals surface area contributed by atoms with Gasteiger partial charge in [0.15, 0.2) is 0 Å². The van der Waals surface area contributed by atoms with Crippen LogP contribution in [0.25, 0.3) is 11.0 Å². The van der Waals surface area contributed by atoms with Crippen molar-refractivity contribution in [1.82, 2.24) is 20.3 Å². The van der Waals surface area contributed by atoms with Crippen molar-refractivity contribution >= 4 is 22.8 Å². The highest BCUT2D eigenvalue weighted by molar-refractivity contribution is 5.89. The van der Waals surface area contributed by atoms with E-state index in [-0.39, 0.29) is 17.8 Å². The van der Waals surface area contributed by atoms with Gasteiger partial charge in [-0.1, -0.05) is 24.3 Å². The zero-order valence-corrected chi connectivity index (χ0v) is 15.0. The normalized spacial score (nSPS) is 11.9. The van der Waals surface area contributed by atoms with Crippen molar-refractivity contribution in [1.29, 1.82) is 0 Å². The molecule has 0 aliphatic heterocycles. The summed E-state index contributed by atoms with van der Waals surface area (Å²) in [5, 5.41) is 15.3. The highest BCUT2D eigenvalue weighted by Gasteiger charge is 2.19. The minimum Gasteiger partial charge on any atom is -0.508 e. The number of aromatic nitrogens is 3. The van der Waals surface area contributed by atoms with Crippen LogP contribution < -0.4 is 10.6 Å². The molecule has 2 aromatic carbocycles. The number of para-hydroxylation sites is 2. The molecule has 0 spiro atoms. The van der Waals surface area contributed by atoms with Gasteiger partial charge in [-0.25, -0.2) is 9.78 Å². The third-order valence-corrected chi connectivity index (χ3v) is 4.36. The van der Waals surface area contributed by atoms with E-state index >= 15 is 0 Å². The van der Waals surface area contributed by atoms with Gasteiger partial charge in [0.05, 0.1) is 17.1 Å². The Kier molecular flexibility index (Phi) is 4.88. The Bertz CT molecular complexity index is 1040. The number of benzene rings is 2. The predicted molar refractivity (Wildman–Crippen MR) is 107 cm³/mol. The lowest BCUT2D eigenvalue weighted by Gasteiger charge is -2.17. The summed E-state index contributed by atoms with van der Waals surface area (Å²) < 4.78 is 0. The molecule has 1 atom stereocenters. The molecule has 0 radical (unpaired) electrons. The molecule has 0 bridgehead atoms. The fraction of sp³-hybridized carbons (Fsp3) is 0.0952. The van der Waals surface area contributed by atoms with Crippen LogP contribution in [0.3, 0.4) is 0 Å². The van der Waals surface area contributed by atoms with Gasteiger partial charge in [-0.15, -0.1) is 0 Å². The molecule has 2 heterocycles. The first-order valence-corrected chi connectivity index (χ1v) is 8.87. The first-order valence-electron chi connectivity index (χ1n) is 8.87. The summed E-state index contributed by atoms with van der Waals surface area (Å²) in [6, 6.07) is 17.4. The van der Waals surface area contributed by atoms with E-state index in [9.17, 15) is 9.90 Å². The Balaban J connectivity index is 1.58. The number of hydrogen-bond donors (Lipinski definition) is 4. The van der Waals surface area contributed by atoms with Gasteiger partial charge in [-0.05, 0) is 48.4 Å². The summed E-state index contributed by atoms with van der Waals surface area (Å²) in [6.07, 6.45) is 3.75. The molecule has 7 heteroatoms. The molecule has 0 fully saturated rings. The topological polar surface area (TPSA) is 103 Å².